The number of methoxy groups -OCH3 is 1. The van der Waals surface area contributed by atoms with Gasteiger partial charge in [0.25, 0.3) is 0 Å². The zero-order valence-corrected chi connectivity index (χ0v) is 10.2. The first-order chi connectivity index (χ1) is 8.51. The average molecular weight is 259 g/mol. The fourth-order valence-corrected chi connectivity index (χ4v) is 1.49. The van der Waals surface area contributed by atoms with E-state index in [4.69, 9.17) is 10.5 Å². The van der Waals surface area contributed by atoms with Crippen molar-refractivity contribution in [2.45, 2.75) is 19.4 Å². The third kappa shape index (κ3) is 3.16. The third-order valence-electron chi connectivity index (χ3n) is 2.36. The summed E-state index contributed by atoms with van der Waals surface area (Å²) in [5.74, 6) is -2.76. The molecule has 0 spiro atoms. The van der Waals surface area contributed by atoms with Crippen molar-refractivity contribution >= 4 is 5.97 Å². The summed E-state index contributed by atoms with van der Waals surface area (Å²) in [6.45, 7) is 1.84. The third-order valence-corrected chi connectivity index (χ3v) is 2.36. The molecule has 4 nitrogen and oxygen atoms in total. The number of carbonyl (C=O) groups is 1. The van der Waals surface area contributed by atoms with Crippen LogP contribution in [0.15, 0.2) is 12.1 Å². The van der Waals surface area contributed by atoms with E-state index in [9.17, 15) is 13.6 Å². The molecule has 2 N–H and O–H groups in total. The minimum Gasteiger partial charge on any atom is -0.491 e. The Morgan fingerprint density at radius 3 is 2.67 bits per heavy atom. The van der Waals surface area contributed by atoms with Crippen LogP contribution in [0.25, 0.3) is 0 Å². The summed E-state index contributed by atoms with van der Waals surface area (Å²) in [5, 5.41) is 0. The predicted molar refractivity (Wildman–Crippen MR) is 61.2 cm³/mol. The van der Waals surface area contributed by atoms with Gasteiger partial charge in [0.1, 0.15) is 6.04 Å². The molecule has 0 aliphatic carbocycles. The van der Waals surface area contributed by atoms with Crippen molar-refractivity contribution in [3.63, 3.8) is 0 Å². The number of nitrogens with two attached hydrogens (primary N) is 1. The van der Waals surface area contributed by atoms with Crippen LogP contribution in [-0.2, 0) is 16.0 Å². The van der Waals surface area contributed by atoms with E-state index in [1.165, 1.54) is 6.07 Å². The van der Waals surface area contributed by atoms with Crippen LogP contribution in [0, 0.1) is 11.6 Å². The van der Waals surface area contributed by atoms with Gasteiger partial charge in [-0.25, -0.2) is 8.78 Å². The normalized spacial score (nSPS) is 12.1. The quantitative estimate of drug-likeness (QED) is 0.812. The molecule has 0 heterocycles. The van der Waals surface area contributed by atoms with E-state index in [1.54, 1.807) is 6.92 Å². The summed E-state index contributed by atoms with van der Waals surface area (Å²) < 4.78 is 36.2. The van der Waals surface area contributed by atoms with Crippen LogP contribution >= 0.6 is 0 Å². The van der Waals surface area contributed by atoms with Gasteiger partial charge in [-0.05, 0) is 18.6 Å². The highest BCUT2D eigenvalue weighted by molar-refractivity contribution is 5.75. The van der Waals surface area contributed by atoms with Gasteiger partial charge in [0.15, 0.2) is 17.4 Å². The molecule has 0 saturated carbocycles. The highest BCUT2D eigenvalue weighted by atomic mass is 19.1. The zero-order valence-electron chi connectivity index (χ0n) is 10.2. The van der Waals surface area contributed by atoms with Gasteiger partial charge in [0.2, 0.25) is 0 Å². The Kier molecular flexibility index (Phi) is 5.03. The number of hydrogen-bond acceptors (Lipinski definition) is 4. The van der Waals surface area contributed by atoms with Crippen LogP contribution in [-0.4, -0.2) is 25.7 Å². The number of ether oxygens (including phenoxy) is 2. The smallest absolute Gasteiger partial charge is 0.323 e. The Hall–Kier alpha value is -1.69. The van der Waals surface area contributed by atoms with Crippen LogP contribution in [0.5, 0.6) is 5.75 Å². The van der Waals surface area contributed by atoms with Crippen LogP contribution in [0.1, 0.15) is 12.5 Å². The van der Waals surface area contributed by atoms with Crippen molar-refractivity contribution in [1.82, 2.24) is 0 Å². The zero-order chi connectivity index (χ0) is 13.7. The number of hydrogen-bond donors (Lipinski definition) is 1. The first kappa shape index (κ1) is 14.4. The lowest BCUT2D eigenvalue weighted by atomic mass is 10.1. The van der Waals surface area contributed by atoms with Gasteiger partial charge < -0.3 is 15.2 Å². The van der Waals surface area contributed by atoms with Crippen molar-refractivity contribution in [2.24, 2.45) is 5.73 Å². The molecule has 0 saturated heterocycles. The van der Waals surface area contributed by atoms with Crippen LogP contribution in [0.4, 0.5) is 8.78 Å². The Bertz CT molecular complexity index is 438. The first-order valence-electron chi connectivity index (χ1n) is 5.44. The topological polar surface area (TPSA) is 61.5 Å². The van der Waals surface area contributed by atoms with E-state index in [-0.39, 0.29) is 18.6 Å². The van der Waals surface area contributed by atoms with Crippen LogP contribution < -0.4 is 10.5 Å². The summed E-state index contributed by atoms with van der Waals surface area (Å²) in [6.07, 6.45) is -0.0820. The molecule has 18 heavy (non-hydrogen) atoms. The number of carbonyl (C=O) groups excluding carboxylic acids is 1. The second-order valence-electron chi connectivity index (χ2n) is 3.62. The van der Waals surface area contributed by atoms with Gasteiger partial charge >= 0.3 is 5.97 Å². The van der Waals surface area contributed by atoms with E-state index in [2.05, 4.69) is 4.74 Å². The SMILES string of the molecule is CCOC(=O)C(N)Cc1ccc(F)c(OC)c1F. The van der Waals surface area contributed by atoms with E-state index < -0.39 is 29.4 Å². The van der Waals surface area contributed by atoms with Gasteiger partial charge in [-0.2, -0.15) is 0 Å². The van der Waals surface area contributed by atoms with E-state index in [0.29, 0.717) is 0 Å². The molecule has 1 aromatic carbocycles. The molecule has 0 amide bonds. The van der Waals surface area contributed by atoms with Crippen molar-refractivity contribution in [3.8, 4) is 5.75 Å². The molecule has 1 atom stereocenters. The van der Waals surface area contributed by atoms with Gasteiger partial charge in [-0.1, -0.05) is 6.07 Å². The Morgan fingerprint density at radius 1 is 1.44 bits per heavy atom. The first-order valence-corrected chi connectivity index (χ1v) is 5.44. The summed E-state index contributed by atoms with van der Waals surface area (Å²) in [5.41, 5.74) is 5.66. The number of rotatable bonds is 5. The summed E-state index contributed by atoms with van der Waals surface area (Å²) >= 11 is 0. The predicted octanol–water partition coefficient (Wildman–Crippen LogP) is 1.41. The van der Waals surface area contributed by atoms with Crippen molar-refractivity contribution in [3.05, 3.63) is 29.3 Å². The number of esters is 1. The van der Waals surface area contributed by atoms with Crippen molar-refractivity contribution in [2.75, 3.05) is 13.7 Å². The minimum absolute atomic E-state index is 0.0820. The number of benzene rings is 1. The molecule has 0 fully saturated rings. The van der Waals surface area contributed by atoms with Gasteiger partial charge in [-0.3, -0.25) is 4.79 Å². The molecule has 1 aromatic rings. The molecule has 0 radical (unpaired) electrons. The molecular weight excluding hydrogens is 244 g/mol. The van der Waals surface area contributed by atoms with E-state index in [0.717, 1.165) is 13.2 Å². The number of halogens is 2. The Morgan fingerprint density at radius 2 is 2.11 bits per heavy atom. The fraction of sp³-hybridized carbons (Fsp3) is 0.417. The van der Waals surface area contributed by atoms with Crippen molar-refractivity contribution in [1.29, 1.82) is 0 Å². The maximum Gasteiger partial charge on any atom is 0.323 e. The average Bonchev–Trinajstić information content (AvgIpc) is 2.33. The van der Waals surface area contributed by atoms with Crippen molar-refractivity contribution < 1.29 is 23.0 Å². The largest absolute Gasteiger partial charge is 0.491 e. The van der Waals surface area contributed by atoms with E-state index >= 15 is 0 Å². The molecule has 0 aliphatic rings. The molecule has 0 bridgehead atoms. The summed E-state index contributed by atoms with van der Waals surface area (Å²) in [7, 11) is 1.16. The lowest BCUT2D eigenvalue weighted by molar-refractivity contribution is -0.144. The highest BCUT2D eigenvalue weighted by Gasteiger charge is 2.20. The van der Waals surface area contributed by atoms with Gasteiger partial charge in [0.05, 0.1) is 13.7 Å². The molecule has 1 rings (SSSR count). The highest BCUT2D eigenvalue weighted by Crippen LogP contribution is 2.24. The fourth-order valence-electron chi connectivity index (χ4n) is 1.49. The second-order valence-corrected chi connectivity index (χ2v) is 3.62. The lowest BCUT2D eigenvalue weighted by Gasteiger charge is -2.12. The maximum atomic E-state index is 13.8. The van der Waals surface area contributed by atoms with Crippen LogP contribution in [0.2, 0.25) is 0 Å². The minimum atomic E-state index is -0.991. The summed E-state index contributed by atoms with van der Waals surface area (Å²) in [4.78, 5) is 11.3. The second kappa shape index (κ2) is 6.30. The molecule has 6 heteroatoms. The Balaban J connectivity index is 2.88. The summed E-state index contributed by atoms with van der Waals surface area (Å²) in [6, 6.07) is 1.30. The van der Waals surface area contributed by atoms with E-state index in [1.807, 2.05) is 0 Å². The van der Waals surface area contributed by atoms with Gasteiger partial charge in [-0.15, -0.1) is 0 Å². The molecule has 100 valence electrons. The monoisotopic (exact) mass is 259 g/mol. The maximum absolute atomic E-state index is 13.8. The molecule has 0 aromatic heterocycles. The molecule has 1 unspecified atom stereocenters. The molecule has 0 aliphatic heterocycles. The van der Waals surface area contributed by atoms with Gasteiger partial charge in [0, 0.05) is 6.42 Å². The van der Waals surface area contributed by atoms with Crippen LogP contribution in [0.3, 0.4) is 0 Å². The standard InChI is InChI=1S/C12H15F2NO3/c1-3-18-12(16)9(15)6-7-4-5-8(13)11(17-2)10(7)14/h4-5,9H,3,6,15H2,1-2H3. The Labute approximate surface area is 104 Å². The molecular formula is C12H15F2NO3. The lowest BCUT2D eigenvalue weighted by Crippen LogP contribution is -2.34.